The molecule has 3 nitrogen and oxygen atoms in total. The summed E-state index contributed by atoms with van der Waals surface area (Å²) in [6.45, 7) is 4.82. The molecule has 1 aliphatic heterocycles. The second-order valence-corrected chi connectivity index (χ2v) is 8.24. The van der Waals surface area contributed by atoms with Gasteiger partial charge >= 0.3 is 0 Å². The smallest absolute Gasteiger partial charge is 0.152 e. The Bertz CT molecular complexity index is 550. The minimum absolute atomic E-state index is 0.156. The molecule has 0 atom stereocenters. The highest BCUT2D eigenvalue weighted by Crippen LogP contribution is 2.33. The van der Waals surface area contributed by atoms with Gasteiger partial charge in [-0.2, -0.15) is 0 Å². The van der Waals surface area contributed by atoms with Crippen LogP contribution in [0.1, 0.15) is 25.8 Å². The Hall–Kier alpha value is -0.940. The van der Waals surface area contributed by atoms with Crippen LogP contribution in [-0.4, -0.2) is 32.5 Å². The van der Waals surface area contributed by atoms with Crippen LogP contribution in [0.2, 0.25) is 0 Å². The third kappa shape index (κ3) is 2.98. The van der Waals surface area contributed by atoms with E-state index in [1.54, 1.807) is 19.9 Å². The van der Waals surface area contributed by atoms with E-state index in [-0.39, 0.29) is 22.2 Å². The van der Waals surface area contributed by atoms with Crippen molar-refractivity contribution in [3.8, 4) is 0 Å². The molecule has 1 saturated heterocycles. The zero-order valence-electron chi connectivity index (χ0n) is 11.3. The summed E-state index contributed by atoms with van der Waals surface area (Å²) in [7, 11) is -3.05. The van der Waals surface area contributed by atoms with Crippen molar-refractivity contribution >= 4 is 9.84 Å². The summed E-state index contributed by atoms with van der Waals surface area (Å²) in [5, 5.41) is 2.81. The molecule has 1 aliphatic rings. The Kier molecular flexibility index (Phi) is 3.97. The Morgan fingerprint density at radius 2 is 2.05 bits per heavy atom. The summed E-state index contributed by atoms with van der Waals surface area (Å²) in [6.07, 6.45) is 0.546. The van der Waals surface area contributed by atoms with Crippen molar-refractivity contribution in [2.45, 2.75) is 30.9 Å². The maximum Gasteiger partial charge on any atom is 0.152 e. The molecule has 1 N–H and O–H groups in total. The molecule has 0 bridgehead atoms. The number of nitrogens with one attached hydrogen (secondary N) is 1. The van der Waals surface area contributed by atoms with Gasteiger partial charge in [0.15, 0.2) is 9.84 Å². The topological polar surface area (TPSA) is 46.2 Å². The van der Waals surface area contributed by atoms with Crippen molar-refractivity contribution in [3.05, 3.63) is 35.6 Å². The monoisotopic (exact) mass is 285 g/mol. The quantitative estimate of drug-likeness (QED) is 0.898. The van der Waals surface area contributed by atoms with Gasteiger partial charge < -0.3 is 5.32 Å². The SMILES string of the molecule is CC(C)S(=O)(=O)CCC1(c2cccc(F)c2)CNC1. The van der Waals surface area contributed by atoms with Crippen LogP contribution in [0.5, 0.6) is 0 Å². The number of halogens is 1. The van der Waals surface area contributed by atoms with Crippen LogP contribution in [0, 0.1) is 5.82 Å². The van der Waals surface area contributed by atoms with Gasteiger partial charge in [0.1, 0.15) is 5.82 Å². The molecule has 0 spiro atoms. The van der Waals surface area contributed by atoms with Gasteiger partial charge in [-0.1, -0.05) is 12.1 Å². The van der Waals surface area contributed by atoms with Crippen LogP contribution in [0.4, 0.5) is 4.39 Å². The van der Waals surface area contributed by atoms with Gasteiger partial charge in [0.05, 0.1) is 11.0 Å². The van der Waals surface area contributed by atoms with Gasteiger partial charge in [-0.3, -0.25) is 0 Å². The summed E-state index contributed by atoms with van der Waals surface area (Å²) in [6, 6.07) is 6.49. The van der Waals surface area contributed by atoms with Crippen LogP contribution in [0.25, 0.3) is 0 Å². The maximum absolute atomic E-state index is 13.3. The average Bonchev–Trinajstić information content (AvgIpc) is 2.27. The van der Waals surface area contributed by atoms with Gasteiger partial charge in [0.2, 0.25) is 0 Å². The van der Waals surface area contributed by atoms with E-state index < -0.39 is 9.84 Å². The normalized spacial score (nSPS) is 18.3. The van der Waals surface area contributed by atoms with Gasteiger partial charge in [0, 0.05) is 18.5 Å². The highest BCUT2D eigenvalue weighted by atomic mass is 32.2. The lowest BCUT2D eigenvalue weighted by atomic mass is 9.73. The summed E-state index contributed by atoms with van der Waals surface area (Å²) in [4.78, 5) is 0. The minimum Gasteiger partial charge on any atom is -0.315 e. The molecule has 19 heavy (non-hydrogen) atoms. The van der Waals surface area contributed by atoms with Crippen LogP contribution < -0.4 is 5.32 Å². The summed E-state index contributed by atoms with van der Waals surface area (Å²) in [5.41, 5.74) is 0.662. The lowest BCUT2D eigenvalue weighted by molar-refractivity contribution is 0.267. The third-order valence-electron chi connectivity index (χ3n) is 3.95. The van der Waals surface area contributed by atoms with Gasteiger partial charge in [-0.05, 0) is 38.0 Å². The average molecular weight is 285 g/mol. The molecule has 106 valence electrons. The third-order valence-corrected chi connectivity index (χ3v) is 6.16. The molecule has 1 fully saturated rings. The lowest BCUT2D eigenvalue weighted by Gasteiger charge is -2.43. The first-order valence-corrected chi connectivity index (χ1v) is 8.26. The van der Waals surface area contributed by atoms with E-state index in [4.69, 9.17) is 0 Å². The van der Waals surface area contributed by atoms with E-state index in [2.05, 4.69) is 5.32 Å². The molecular weight excluding hydrogens is 265 g/mol. The van der Waals surface area contributed by atoms with Crippen molar-refractivity contribution in [1.82, 2.24) is 5.32 Å². The number of hydrogen-bond acceptors (Lipinski definition) is 3. The van der Waals surface area contributed by atoms with Crippen molar-refractivity contribution in [2.24, 2.45) is 0 Å². The fourth-order valence-electron chi connectivity index (χ4n) is 2.34. The van der Waals surface area contributed by atoms with E-state index >= 15 is 0 Å². The first-order chi connectivity index (χ1) is 8.86. The van der Waals surface area contributed by atoms with E-state index in [9.17, 15) is 12.8 Å². The molecule has 0 aromatic heterocycles. The fourth-order valence-corrected chi connectivity index (χ4v) is 3.49. The van der Waals surface area contributed by atoms with Crippen molar-refractivity contribution in [3.63, 3.8) is 0 Å². The molecule has 0 aliphatic carbocycles. The van der Waals surface area contributed by atoms with Crippen LogP contribution in [-0.2, 0) is 15.3 Å². The minimum atomic E-state index is -3.05. The van der Waals surface area contributed by atoms with Crippen molar-refractivity contribution in [2.75, 3.05) is 18.8 Å². The molecule has 1 heterocycles. The van der Waals surface area contributed by atoms with Crippen LogP contribution in [0.15, 0.2) is 24.3 Å². The molecule has 1 aromatic carbocycles. The van der Waals surface area contributed by atoms with Crippen molar-refractivity contribution < 1.29 is 12.8 Å². The summed E-state index contributed by atoms with van der Waals surface area (Å²) in [5.74, 6) is -0.112. The number of benzene rings is 1. The van der Waals surface area contributed by atoms with E-state index in [1.165, 1.54) is 12.1 Å². The predicted octanol–water partition coefficient (Wildman–Crippen LogP) is 1.88. The number of rotatable bonds is 5. The Morgan fingerprint density at radius 1 is 1.37 bits per heavy atom. The summed E-state index contributed by atoms with van der Waals surface area (Å²) >= 11 is 0. The number of hydrogen-bond donors (Lipinski definition) is 1. The standard InChI is InChI=1S/C14H20FNO2S/c1-11(2)19(17,18)7-6-14(9-16-10-14)12-4-3-5-13(15)8-12/h3-5,8,11,16H,6-7,9-10H2,1-2H3. The molecule has 5 heteroatoms. The molecule has 1 aromatic rings. The van der Waals surface area contributed by atoms with Gasteiger partial charge in [-0.25, -0.2) is 12.8 Å². The largest absolute Gasteiger partial charge is 0.315 e. The van der Waals surface area contributed by atoms with Crippen molar-refractivity contribution in [1.29, 1.82) is 0 Å². The molecule has 0 amide bonds. The van der Waals surface area contributed by atoms with E-state index in [1.807, 2.05) is 6.07 Å². The summed E-state index contributed by atoms with van der Waals surface area (Å²) < 4.78 is 37.2. The van der Waals surface area contributed by atoms with Gasteiger partial charge in [0.25, 0.3) is 0 Å². The molecule has 0 saturated carbocycles. The number of sulfone groups is 1. The molecule has 0 unspecified atom stereocenters. The zero-order chi connectivity index (χ0) is 14.1. The molecule has 2 rings (SSSR count). The second kappa shape index (κ2) is 5.21. The Morgan fingerprint density at radius 3 is 2.53 bits per heavy atom. The van der Waals surface area contributed by atoms with E-state index in [0.29, 0.717) is 19.5 Å². The first kappa shape index (κ1) is 14.5. The highest BCUT2D eigenvalue weighted by molar-refractivity contribution is 7.91. The Labute approximate surface area is 114 Å². The fraction of sp³-hybridized carbons (Fsp3) is 0.571. The Balaban J connectivity index is 2.16. The molecular formula is C14H20FNO2S. The second-order valence-electron chi connectivity index (χ2n) is 5.56. The highest BCUT2D eigenvalue weighted by Gasteiger charge is 2.39. The predicted molar refractivity (Wildman–Crippen MR) is 74.5 cm³/mol. The molecule has 0 radical (unpaired) electrons. The first-order valence-electron chi connectivity index (χ1n) is 6.54. The lowest BCUT2D eigenvalue weighted by Crippen LogP contribution is -2.57. The zero-order valence-corrected chi connectivity index (χ0v) is 12.1. The maximum atomic E-state index is 13.3. The van der Waals surface area contributed by atoms with Gasteiger partial charge in [-0.15, -0.1) is 0 Å². The van der Waals surface area contributed by atoms with E-state index in [0.717, 1.165) is 5.56 Å². The van der Waals surface area contributed by atoms with Crippen LogP contribution >= 0.6 is 0 Å². The van der Waals surface area contributed by atoms with Crippen LogP contribution in [0.3, 0.4) is 0 Å².